The van der Waals surface area contributed by atoms with Crippen molar-refractivity contribution < 1.29 is 0 Å². The number of fused-ring (bicyclic) bond motifs is 1. The van der Waals surface area contributed by atoms with E-state index in [0.717, 1.165) is 6.42 Å². The van der Waals surface area contributed by atoms with Crippen LogP contribution in [0, 0.1) is 18.8 Å². The second-order valence-electron chi connectivity index (χ2n) is 3.40. The summed E-state index contributed by atoms with van der Waals surface area (Å²) >= 11 is 0. The molecule has 3 nitrogen and oxygen atoms in total. The van der Waals surface area contributed by atoms with Gasteiger partial charge in [-0.1, -0.05) is 12.1 Å². The number of rotatable bonds is 2. The highest BCUT2D eigenvalue weighted by Gasteiger charge is 2.01. The molecule has 0 fully saturated rings. The van der Waals surface area contributed by atoms with E-state index in [-0.39, 0.29) is 0 Å². The largest absolute Gasteiger partial charge is 0.361 e. The molecule has 1 aromatic carbocycles. The molecule has 1 aromatic heterocycles. The van der Waals surface area contributed by atoms with Crippen LogP contribution in [0.1, 0.15) is 11.1 Å². The van der Waals surface area contributed by atoms with Gasteiger partial charge in [0.2, 0.25) is 0 Å². The maximum Gasteiger partial charge on any atom is 0.0462 e. The van der Waals surface area contributed by atoms with Gasteiger partial charge in [-0.3, -0.25) is 0 Å². The number of H-pyrrole nitrogens is 1. The number of nitrogens with one attached hydrogen (secondary N) is 1. The average Bonchev–Trinajstić information content (AvgIpc) is 2.64. The zero-order valence-electron chi connectivity index (χ0n) is 8.83. The quantitative estimate of drug-likeness (QED) is 0.781. The van der Waals surface area contributed by atoms with Gasteiger partial charge < -0.3 is 10.7 Å². The van der Waals surface area contributed by atoms with Gasteiger partial charge in [-0.15, -0.1) is 0 Å². The van der Waals surface area contributed by atoms with Gasteiger partial charge in [0, 0.05) is 23.7 Å². The monoisotopic (exact) mass is 201 g/mol. The maximum atomic E-state index is 6.50. The van der Waals surface area contributed by atoms with Crippen LogP contribution in [-0.4, -0.2) is 11.5 Å². The van der Waals surface area contributed by atoms with Crippen molar-refractivity contribution in [3.63, 3.8) is 0 Å². The van der Waals surface area contributed by atoms with E-state index in [1.807, 2.05) is 0 Å². The summed E-state index contributed by atoms with van der Waals surface area (Å²) in [6, 6.07) is 6.46. The lowest BCUT2D eigenvalue weighted by atomic mass is 10.1. The molecule has 0 unspecified atom stereocenters. The first kappa shape index (κ1) is 11.3. The van der Waals surface area contributed by atoms with Gasteiger partial charge in [-0.2, -0.15) is 0 Å². The van der Waals surface area contributed by atoms with Crippen molar-refractivity contribution in [3.05, 3.63) is 35.5 Å². The molecule has 0 spiro atoms. The minimum atomic E-state index is 0.709. The molecule has 78 valence electrons. The van der Waals surface area contributed by atoms with Gasteiger partial charge in [0.05, 0.1) is 0 Å². The van der Waals surface area contributed by atoms with Gasteiger partial charge in [0.15, 0.2) is 0 Å². The fourth-order valence-corrected chi connectivity index (χ4v) is 1.66. The number of aromatic amines is 1. The standard InChI is InChI=1S/C11H14N2.CHN/c1-8-2-3-10-9(4-5-12)7-13-11(10)6-8;1-2/h2-3,6-7,13H,4-5,12H2,1H3;1H. The summed E-state index contributed by atoms with van der Waals surface area (Å²) in [5.74, 6) is 0. The molecule has 0 radical (unpaired) electrons. The van der Waals surface area contributed by atoms with Crippen LogP contribution in [0.2, 0.25) is 0 Å². The molecule has 0 amide bonds. The summed E-state index contributed by atoms with van der Waals surface area (Å²) < 4.78 is 0. The molecule has 0 aliphatic heterocycles. The molecule has 2 aromatic rings. The lowest BCUT2D eigenvalue weighted by molar-refractivity contribution is 0.976. The molecule has 3 heteroatoms. The third-order valence-electron chi connectivity index (χ3n) is 2.34. The van der Waals surface area contributed by atoms with Crippen molar-refractivity contribution in [1.29, 1.82) is 5.26 Å². The topological polar surface area (TPSA) is 65.6 Å². The molecule has 0 saturated carbocycles. The highest BCUT2D eigenvalue weighted by atomic mass is 14.7. The molecular formula is C12H15N3. The van der Waals surface area contributed by atoms with Gasteiger partial charge in [-0.05, 0) is 37.1 Å². The van der Waals surface area contributed by atoms with Crippen LogP contribution in [0.4, 0.5) is 0 Å². The molecule has 2 rings (SSSR count). The molecular weight excluding hydrogens is 186 g/mol. The van der Waals surface area contributed by atoms with Crippen molar-refractivity contribution >= 4 is 10.9 Å². The lowest BCUT2D eigenvalue weighted by Crippen LogP contribution is -2.01. The molecule has 0 aliphatic carbocycles. The SMILES string of the molecule is C#N.Cc1ccc2c(CCN)c[nH]c2c1. The average molecular weight is 201 g/mol. The molecule has 0 bridgehead atoms. The van der Waals surface area contributed by atoms with Crippen LogP contribution in [-0.2, 0) is 6.42 Å². The fraction of sp³-hybridized carbons (Fsp3) is 0.250. The number of nitriles is 1. The molecule has 0 atom stereocenters. The van der Waals surface area contributed by atoms with E-state index in [4.69, 9.17) is 11.0 Å². The Kier molecular flexibility index (Phi) is 3.90. The molecule has 3 N–H and O–H groups in total. The Morgan fingerprint density at radius 3 is 2.80 bits per heavy atom. The van der Waals surface area contributed by atoms with Gasteiger partial charge in [0.25, 0.3) is 0 Å². The van der Waals surface area contributed by atoms with Crippen LogP contribution < -0.4 is 5.73 Å². The Labute approximate surface area is 89.5 Å². The first-order chi connectivity index (χ1) is 7.31. The van der Waals surface area contributed by atoms with Gasteiger partial charge >= 0.3 is 0 Å². The van der Waals surface area contributed by atoms with Crippen LogP contribution >= 0.6 is 0 Å². The third-order valence-corrected chi connectivity index (χ3v) is 2.34. The number of hydrogen-bond donors (Lipinski definition) is 2. The number of aromatic nitrogens is 1. The van der Waals surface area contributed by atoms with Crippen LogP contribution in [0.15, 0.2) is 24.4 Å². The van der Waals surface area contributed by atoms with Crippen molar-refractivity contribution in [2.75, 3.05) is 6.54 Å². The number of aryl methyl sites for hydroxylation is 1. The summed E-state index contributed by atoms with van der Waals surface area (Å²) in [7, 11) is 0. The van der Waals surface area contributed by atoms with Gasteiger partial charge in [-0.25, -0.2) is 5.26 Å². The van der Waals surface area contributed by atoms with Crippen molar-refractivity contribution in [2.24, 2.45) is 5.73 Å². The highest BCUT2D eigenvalue weighted by molar-refractivity contribution is 5.83. The van der Waals surface area contributed by atoms with Gasteiger partial charge in [0.1, 0.15) is 0 Å². The van der Waals surface area contributed by atoms with Crippen molar-refractivity contribution in [2.45, 2.75) is 13.3 Å². The number of benzene rings is 1. The van der Waals surface area contributed by atoms with E-state index in [1.54, 1.807) is 0 Å². The number of nitrogens with zero attached hydrogens (tertiary/aromatic N) is 1. The predicted octanol–water partition coefficient (Wildman–Crippen LogP) is 2.12. The summed E-state index contributed by atoms with van der Waals surface area (Å²) in [4.78, 5) is 3.26. The summed E-state index contributed by atoms with van der Waals surface area (Å²) in [6.07, 6.45) is 3.00. The molecule has 15 heavy (non-hydrogen) atoms. The predicted molar refractivity (Wildman–Crippen MR) is 62.5 cm³/mol. The fourth-order valence-electron chi connectivity index (χ4n) is 1.66. The minimum absolute atomic E-state index is 0.709. The summed E-state index contributed by atoms with van der Waals surface area (Å²) in [5, 5.41) is 7.80. The van der Waals surface area contributed by atoms with Crippen LogP contribution in [0.3, 0.4) is 0 Å². The van der Waals surface area contributed by atoms with E-state index < -0.39 is 0 Å². The second kappa shape index (κ2) is 5.18. The second-order valence-corrected chi connectivity index (χ2v) is 3.40. The maximum absolute atomic E-state index is 6.50. The number of nitrogens with two attached hydrogens (primary N) is 1. The minimum Gasteiger partial charge on any atom is -0.361 e. The molecule has 0 saturated heterocycles. The number of hydrogen-bond acceptors (Lipinski definition) is 2. The van der Waals surface area contributed by atoms with E-state index in [0.29, 0.717) is 6.54 Å². The van der Waals surface area contributed by atoms with E-state index in [2.05, 4.69) is 42.9 Å². The highest BCUT2D eigenvalue weighted by Crippen LogP contribution is 2.19. The van der Waals surface area contributed by atoms with Crippen molar-refractivity contribution in [3.8, 4) is 6.57 Å². The third kappa shape index (κ3) is 2.36. The first-order valence-corrected chi connectivity index (χ1v) is 4.84. The van der Waals surface area contributed by atoms with E-state index >= 15 is 0 Å². The Morgan fingerprint density at radius 1 is 1.40 bits per heavy atom. The normalized spacial score (nSPS) is 9.60. The first-order valence-electron chi connectivity index (χ1n) is 4.84. The Bertz CT molecular complexity index is 454. The van der Waals surface area contributed by atoms with Crippen LogP contribution in [0.5, 0.6) is 0 Å². The van der Waals surface area contributed by atoms with E-state index in [1.165, 1.54) is 22.0 Å². The Hall–Kier alpha value is -1.79. The van der Waals surface area contributed by atoms with Crippen LogP contribution in [0.25, 0.3) is 10.9 Å². The van der Waals surface area contributed by atoms with Crippen molar-refractivity contribution in [1.82, 2.24) is 4.98 Å². The van der Waals surface area contributed by atoms with E-state index in [9.17, 15) is 0 Å². The zero-order valence-corrected chi connectivity index (χ0v) is 8.83. The smallest absolute Gasteiger partial charge is 0.0462 e. The summed E-state index contributed by atoms with van der Waals surface area (Å²) in [6.45, 7) is 6.31. The lowest BCUT2D eigenvalue weighted by Gasteiger charge is -1.96. The Morgan fingerprint density at radius 2 is 2.13 bits per heavy atom. The Balaban J connectivity index is 0.000000531. The summed E-state index contributed by atoms with van der Waals surface area (Å²) in [5.41, 5.74) is 9.34. The molecule has 0 aliphatic rings. The molecule has 1 heterocycles. The zero-order chi connectivity index (χ0) is 11.3.